The third kappa shape index (κ3) is 4.29. The van der Waals surface area contributed by atoms with Crippen molar-refractivity contribution in [1.82, 2.24) is 14.3 Å². The van der Waals surface area contributed by atoms with Gasteiger partial charge in [0, 0.05) is 23.6 Å². The quantitative estimate of drug-likeness (QED) is 0.633. The minimum Gasteiger partial charge on any atom is -0.334 e. The molecule has 21 heavy (non-hydrogen) atoms. The number of aryl methyl sites for hydroxylation is 2. The fourth-order valence-corrected chi connectivity index (χ4v) is 4.95. The first-order valence-electron chi connectivity index (χ1n) is 7.64. The van der Waals surface area contributed by atoms with Gasteiger partial charge in [0.15, 0.2) is 5.03 Å². The average Bonchev–Trinajstić information content (AvgIpc) is 2.68. The van der Waals surface area contributed by atoms with Crippen LogP contribution in [0.25, 0.3) is 0 Å². The van der Waals surface area contributed by atoms with E-state index >= 15 is 0 Å². The van der Waals surface area contributed by atoms with Crippen LogP contribution < -0.4 is 4.72 Å². The van der Waals surface area contributed by atoms with Gasteiger partial charge in [-0.2, -0.15) is 0 Å². The molecule has 1 aromatic rings. The Labute approximate surface area is 135 Å². The van der Waals surface area contributed by atoms with Gasteiger partial charge in [-0.3, -0.25) is 0 Å². The van der Waals surface area contributed by atoms with Gasteiger partial charge >= 0.3 is 0 Å². The number of rotatable bonds is 5. The van der Waals surface area contributed by atoms with Crippen molar-refractivity contribution in [2.45, 2.75) is 74.8 Å². The second kappa shape index (κ2) is 7.24. The number of sulfonamides is 1. The van der Waals surface area contributed by atoms with Crippen molar-refractivity contribution >= 4 is 26.0 Å². The van der Waals surface area contributed by atoms with Gasteiger partial charge in [0.1, 0.15) is 5.82 Å². The maximum absolute atomic E-state index is 12.5. The maximum atomic E-state index is 12.5. The number of nitrogens with zero attached hydrogens (tertiary/aromatic N) is 2. The van der Waals surface area contributed by atoms with Gasteiger partial charge < -0.3 is 4.57 Å². The number of imidazole rings is 1. The Hall–Kier alpha value is -0.400. The van der Waals surface area contributed by atoms with Crippen LogP contribution >= 0.6 is 15.9 Å². The lowest BCUT2D eigenvalue weighted by atomic mass is 10.1. The van der Waals surface area contributed by atoms with E-state index in [2.05, 4.69) is 32.6 Å². The molecule has 1 saturated carbocycles. The number of alkyl halides is 1. The predicted octanol–water partition coefficient (Wildman–Crippen LogP) is 2.98. The SMILES string of the molecule is CCCn1cc(S(=O)(=O)NC2CCCCCC2Br)nc1C. The van der Waals surface area contributed by atoms with Crippen LogP contribution in [0.2, 0.25) is 0 Å². The van der Waals surface area contributed by atoms with Crippen LogP contribution in [-0.4, -0.2) is 28.8 Å². The second-order valence-electron chi connectivity index (χ2n) is 5.70. The average molecular weight is 378 g/mol. The Morgan fingerprint density at radius 3 is 2.81 bits per heavy atom. The molecular weight excluding hydrogens is 354 g/mol. The highest BCUT2D eigenvalue weighted by Gasteiger charge is 2.28. The molecule has 7 heteroatoms. The first-order valence-corrected chi connectivity index (χ1v) is 10.0. The minimum absolute atomic E-state index is 0.0471. The van der Waals surface area contributed by atoms with E-state index < -0.39 is 10.0 Å². The van der Waals surface area contributed by atoms with Crippen LogP contribution in [0.1, 0.15) is 51.3 Å². The van der Waals surface area contributed by atoms with E-state index in [1.165, 1.54) is 6.42 Å². The zero-order valence-corrected chi connectivity index (χ0v) is 15.1. The standard InChI is InChI=1S/C14H24BrN3O2S/c1-3-9-18-10-14(16-11(18)2)21(19,20)17-13-8-6-4-5-7-12(13)15/h10,12-13,17H,3-9H2,1-2H3. The molecule has 120 valence electrons. The van der Waals surface area contributed by atoms with Gasteiger partial charge in [-0.05, 0) is 26.2 Å². The van der Waals surface area contributed by atoms with E-state index in [1.807, 2.05) is 11.5 Å². The van der Waals surface area contributed by atoms with Crippen LogP contribution in [0.15, 0.2) is 11.2 Å². The highest BCUT2D eigenvalue weighted by molar-refractivity contribution is 9.09. The number of hydrogen-bond donors (Lipinski definition) is 1. The summed E-state index contributed by atoms with van der Waals surface area (Å²) in [5, 5.41) is 0.136. The van der Waals surface area contributed by atoms with Gasteiger partial charge in [0.05, 0.1) is 0 Å². The Morgan fingerprint density at radius 1 is 1.38 bits per heavy atom. The monoisotopic (exact) mass is 377 g/mol. The lowest BCUT2D eigenvalue weighted by Gasteiger charge is -2.20. The van der Waals surface area contributed by atoms with Crippen molar-refractivity contribution in [1.29, 1.82) is 0 Å². The molecule has 2 atom stereocenters. The van der Waals surface area contributed by atoms with Crippen molar-refractivity contribution in [3.8, 4) is 0 Å². The summed E-state index contributed by atoms with van der Waals surface area (Å²) >= 11 is 3.62. The number of nitrogens with one attached hydrogen (secondary N) is 1. The molecule has 1 aliphatic rings. The van der Waals surface area contributed by atoms with Gasteiger partial charge in [0.25, 0.3) is 10.0 Å². The molecule has 2 rings (SSSR count). The Kier molecular flexibility index (Phi) is 5.85. The predicted molar refractivity (Wildman–Crippen MR) is 87.2 cm³/mol. The van der Waals surface area contributed by atoms with Crippen molar-refractivity contribution < 1.29 is 8.42 Å². The largest absolute Gasteiger partial charge is 0.334 e. The molecule has 0 saturated heterocycles. The van der Waals surface area contributed by atoms with Gasteiger partial charge in [-0.25, -0.2) is 18.1 Å². The first kappa shape index (κ1) is 17.0. The number of hydrogen-bond acceptors (Lipinski definition) is 3. The summed E-state index contributed by atoms with van der Waals surface area (Å²) in [7, 11) is -3.54. The van der Waals surface area contributed by atoms with Crippen LogP contribution in [0, 0.1) is 6.92 Å². The zero-order valence-electron chi connectivity index (χ0n) is 12.7. The second-order valence-corrected chi connectivity index (χ2v) is 8.54. The summed E-state index contributed by atoms with van der Waals surface area (Å²) in [6, 6.07) is -0.0471. The molecular formula is C14H24BrN3O2S. The fraction of sp³-hybridized carbons (Fsp3) is 0.786. The smallest absolute Gasteiger partial charge is 0.259 e. The van der Waals surface area contributed by atoms with Gasteiger partial charge in [-0.15, -0.1) is 0 Å². The lowest BCUT2D eigenvalue weighted by Crippen LogP contribution is -2.40. The Morgan fingerprint density at radius 2 is 2.10 bits per heavy atom. The van der Waals surface area contributed by atoms with E-state index in [9.17, 15) is 8.42 Å². The molecule has 0 aromatic carbocycles. The molecule has 0 radical (unpaired) electrons. The molecule has 0 spiro atoms. The van der Waals surface area contributed by atoms with Crippen LogP contribution in [0.4, 0.5) is 0 Å². The summed E-state index contributed by atoms with van der Waals surface area (Å²) in [4.78, 5) is 4.41. The normalized spacial score (nSPS) is 24.0. The number of aromatic nitrogens is 2. The van der Waals surface area contributed by atoms with Crippen LogP contribution in [0.3, 0.4) is 0 Å². The van der Waals surface area contributed by atoms with Crippen molar-refractivity contribution in [2.24, 2.45) is 0 Å². The van der Waals surface area contributed by atoms with E-state index in [0.717, 1.165) is 44.5 Å². The van der Waals surface area contributed by atoms with E-state index in [1.54, 1.807) is 6.20 Å². The fourth-order valence-electron chi connectivity index (χ4n) is 2.73. The molecule has 1 fully saturated rings. The molecule has 1 aliphatic carbocycles. The molecule has 0 amide bonds. The zero-order chi connectivity index (χ0) is 15.5. The molecule has 0 bridgehead atoms. The molecule has 0 aliphatic heterocycles. The highest BCUT2D eigenvalue weighted by atomic mass is 79.9. The Balaban J connectivity index is 2.15. The Bertz CT molecular complexity index is 571. The van der Waals surface area contributed by atoms with Crippen LogP contribution in [0.5, 0.6) is 0 Å². The van der Waals surface area contributed by atoms with Crippen molar-refractivity contribution in [3.63, 3.8) is 0 Å². The summed E-state index contributed by atoms with van der Waals surface area (Å²) in [6.45, 7) is 4.69. The lowest BCUT2D eigenvalue weighted by molar-refractivity contribution is 0.518. The highest BCUT2D eigenvalue weighted by Crippen LogP contribution is 2.25. The molecule has 1 heterocycles. The maximum Gasteiger partial charge on any atom is 0.259 e. The van der Waals surface area contributed by atoms with Gasteiger partial charge in [-0.1, -0.05) is 42.1 Å². The van der Waals surface area contributed by atoms with E-state index in [4.69, 9.17) is 0 Å². The topological polar surface area (TPSA) is 64.0 Å². The molecule has 1 aromatic heterocycles. The number of halogens is 1. The molecule has 1 N–H and O–H groups in total. The van der Waals surface area contributed by atoms with Crippen LogP contribution in [-0.2, 0) is 16.6 Å². The third-order valence-corrected chi connectivity index (χ3v) is 6.39. The summed E-state index contributed by atoms with van der Waals surface area (Å²) < 4.78 is 29.8. The van der Waals surface area contributed by atoms with Gasteiger partial charge in [0.2, 0.25) is 0 Å². The third-order valence-electron chi connectivity index (χ3n) is 3.93. The van der Waals surface area contributed by atoms with E-state index in [0.29, 0.717) is 0 Å². The minimum atomic E-state index is -3.54. The van der Waals surface area contributed by atoms with Crippen molar-refractivity contribution in [3.05, 3.63) is 12.0 Å². The first-order chi connectivity index (χ1) is 9.94. The molecule has 2 unspecified atom stereocenters. The summed E-state index contributed by atoms with van der Waals surface area (Å²) in [6.07, 6.45) is 7.87. The summed E-state index contributed by atoms with van der Waals surface area (Å²) in [5.41, 5.74) is 0. The molecule has 5 nitrogen and oxygen atoms in total. The van der Waals surface area contributed by atoms with Crippen molar-refractivity contribution in [2.75, 3.05) is 0 Å². The van der Waals surface area contributed by atoms with E-state index in [-0.39, 0.29) is 15.9 Å². The summed E-state index contributed by atoms with van der Waals surface area (Å²) in [5.74, 6) is 0.744.